The van der Waals surface area contributed by atoms with E-state index in [1.165, 1.54) is 11.1 Å². The van der Waals surface area contributed by atoms with Crippen molar-refractivity contribution in [3.8, 4) is 0 Å². The van der Waals surface area contributed by atoms with Crippen LogP contribution in [-0.2, 0) is 19.5 Å². The number of nitrogens with one attached hydrogen (secondary N) is 1. The molecule has 0 saturated carbocycles. The van der Waals surface area contributed by atoms with Crippen molar-refractivity contribution in [1.82, 2.24) is 15.1 Å². The van der Waals surface area contributed by atoms with Gasteiger partial charge in [0.15, 0.2) is 0 Å². The number of aliphatic hydroxyl groups is 1. The molecule has 0 radical (unpaired) electrons. The molecule has 1 atom stereocenters. The summed E-state index contributed by atoms with van der Waals surface area (Å²) in [6.07, 6.45) is 2.10. The van der Waals surface area contributed by atoms with E-state index in [2.05, 4.69) is 37.3 Å². The van der Waals surface area contributed by atoms with Crippen molar-refractivity contribution in [3.05, 3.63) is 40.1 Å². The molecule has 1 aliphatic carbocycles. The van der Waals surface area contributed by atoms with Gasteiger partial charge in [0, 0.05) is 35.8 Å². The molecule has 1 aliphatic rings. The fourth-order valence-electron chi connectivity index (χ4n) is 3.89. The molecule has 2 aromatic heterocycles. The summed E-state index contributed by atoms with van der Waals surface area (Å²) in [6.45, 7) is 12.2. The highest BCUT2D eigenvalue weighted by atomic mass is 16.3. The van der Waals surface area contributed by atoms with Crippen LogP contribution in [0.3, 0.4) is 0 Å². The Hall–Kier alpha value is -1.59. The molecule has 2 N–H and O–H groups in total. The Morgan fingerprint density at radius 3 is 2.83 bits per heavy atom. The van der Waals surface area contributed by atoms with Gasteiger partial charge < -0.3 is 14.8 Å². The first-order valence-corrected chi connectivity index (χ1v) is 8.77. The molecule has 2 heterocycles. The predicted molar refractivity (Wildman–Crippen MR) is 93.9 cm³/mol. The Bertz CT molecular complexity index is 727. The first kappa shape index (κ1) is 17.2. The Balaban J connectivity index is 1.79. The first-order valence-electron chi connectivity index (χ1n) is 8.77. The molecular weight excluding hydrogens is 302 g/mol. The molecule has 0 bridgehead atoms. The average Bonchev–Trinajstić information content (AvgIpc) is 2.96. The Kier molecular flexibility index (Phi) is 4.58. The molecule has 5 nitrogen and oxygen atoms in total. The lowest BCUT2D eigenvalue weighted by atomic mass is 9.74. The van der Waals surface area contributed by atoms with Crippen LogP contribution in [0.5, 0.6) is 0 Å². The quantitative estimate of drug-likeness (QED) is 0.883. The zero-order valence-corrected chi connectivity index (χ0v) is 15.4. The standard InChI is InChI=1S/C19H29N3O2/c1-12-8-15-17(9-19(4,5)10-18(15)24-12)20-11-16-13(2)21-22(6-7-23)14(16)3/h8,17,20,23H,6-7,9-11H2,1-5H3. The Morgan fingerprint density at radius 1 is 1.38 bits per heavy atom. The third kappa shape index (κ3) is 3.28. The van der Waals surface area contributed by atoms with Gasteiger partial charge >= 0.3 is 0 Å². The highest BCUT2D eigenvalue weighted by Crippen LogP contribution is 2.42. The van der Waals surface area contributed by atoms with Crippen LogP contribution in [0.2, 0.25) is 0 Å². The fourth-order valence-corrected chi connectivity index (χ4v) is 3.89. The summed E-state index contributed by atoms with van der Waals surface area (Å²) in [5.41, 5.74) is 4.94. The number of aliphatic hydroxyl groups excluding tert-OH is 1. The second kappa shape index (κ2) is 6.37. The molecule has 0 saturated heterocycles. The second-order valence-corrected chi connectivity index (χ2v) is 7.81. The molecule has 0 fully saturated rings. The summed E-state index contributed by atoms with van der Waals surface area (Å²) in [5, 5.41) is 17.4. The molecular formula is C19H29N3O2. The topological polar surface area (TPSA) is 63.2 Å². The van der Waals surface area contributed by atoms with Crippen LogP contribution in [0.4, 0.5) is 0 Å². The summed E-state index contributed by atoms with van der Waals surface area (Å²) in [5.74, 6) is 2.12. The number of hydrogen-bond acceptors (Lipinski definition) is 4. The van der Waals surface area contributed by atoms with E-state index in [1.54, 1.807) is 0 Å². The Labute approximate surface area is 144 Å². The maximum Gasteiger partial charge on any atom is 0.109 e. The molecule has 3 rings (SSSR count). The summed E-state index contributed by atoms with van der Waals surface area (Å²) < 4.78 is 7.82. The lowest BCUT2D eigenvalue weighted by Crippen LogP contribution is -2.32. The third-order valence-electron chi connectivity index (χ3n) is 5.10. The molecule has 0 spiro atoms. The van der Waals surface area contributed by atoms with Crippen LogP contribution >= 0.6 is 0 Å². The first-order chi connectivity index (χ1) is 11.3. The van der Waals surface area contributed by atoms with Crippen LogP contribution in [0.15, 0.2) is 10.5 Å². The number of furan rings is 1. The molecule has 132 valence electrons. The monoisotopic (exact) mass is 331 g/mol. The number of fused-ring (bicyclic) bond motifs is 1. The summed E-state index contributed by atoms with van der Waals surface area (Å²) in [7, 11) is 0. The van der Waals surface area contributed by atoms with E-state index in [1.807, 2.05) is 18.5 Å². The van der Waals surface area contributed by atoms with Gasteiger partial charge in [-0.25, -0.2) is 0 Å². The average molecular weight is 331 g/mol. The fraction of sp³-hybridized carbons (Fsp3) is 0.632. The van der Waals surface area contributed by atoms with Gasteiger partial charge in [0.2, 0.25) is 0 Å². The second-order valence-electron chi connectivity index (χ2n) is 7.81. The highest BCUT2D eigenvalue weighted by Gasteiger charge is 2.34. The van der Waals surface area contributed by atoms with E-state index in [9.17, 15) is 0 Å². The van der Waals surface area contributed by atoms with Crippen LogP contribution in [0.25, 0.3) is 0 Å². The summed E-state index contributed by atoms with van der Waals surface area (Å²) >= 11 is 0. The van der Waals surface area contributed by atoms with E-state index >= 15 is 0 Å². The van der Waals surface area contributed by atoms with Gasteiger partial charge in [-0.2, -0.15) is 5.10 Å². The smallest absolute Gasteiger partial charge is 0.109 e. The van der Waals surface area contributed by atoms with Gasteiger partial charge in [0.25, 0.3) is 0 Å². The number of rotatable bonds is 5. The maximum atomic E-state index is 9.16. The van der Waals surface area contributed by atoms with E-state index in [0.717, 1.165) is 42.3 Å². The zero-order chi connectivity index (χ0) is 17.5. The Morgan fingerprint density at radius 2 is 2.12 bits per heavy atom. The minimum Gasteiger partial charge on any atom is -0.466 e. The van der Waals surface area contributed by atoms with Crippen molar-refractivity contribution in [2.45, 2.75) is 66.6 Å². The van der Waals surface area contributed by atoms with Crippen LogP contribution < -0.4 is 5.32 Å². The maximum absolute atomic E-state index is 9.16. The predicted octanol–water partition coefficient (Wildman–Crippen LogP) is 3.20. The number of aryl methyl sites for hydroxylation is 2. The number of nitrogens with zero attached hydrogens (tertiary/aromatic N) is 2. The van der Waals surface area contributed by atoms with Crippen LogP contribution in [-0.4, -0.2) is 21.5 Å². The van der Waals surface area contributed by atoms with E-state index in [0.29, 0.717) is 12.6 Å². The summed E-state index contributed by atoms with van der Waals surface area (Å²) in [4.78, 5) is 0. The van der Waals surface area contributed by atoms with Gasteiger partial charge in [-0.1, -0.05) is 13.8 Å². The lowest BCUT2D eigenvalue weighted by molar-refractivity contribution is 0.233. The minimum absolute atomic E-state index is 0.114. The molecule has 5 heteroatoms. The third-order valence-corrected chi connectivity index (χ3v) is 5.10. The molecule has 0 aliphatic heterocycles. The largest absolute Gasteiger partial charge is 0.466 e. The number of hydrogen-bond donors (Lipinski definition) is 2. The van der Waals surface area contributed by atoms with Crippen molar-refractivity contribution in [2.75, 3.05) is 6.61 Å². The molecule has 1 unspecified atom stereocenters. The minimum atomic E-state index is 0.114. The van der Waals surface area contributed by atoms with Gasteiger partial charge in [-0.3, -0.25) is 4.68 Å². The SMILES string of the molecule is Cc1cc2c(o1)CC(C)(C)CC2NCc1c(C)nn(CCO)c1C. The normalized spacial score (nSPS) is 19.5. The molecule has 24 heavy (non-hydrogen) atoms. The van der Waals surface area contributed by atoms with E-state index in [4.69, 9.17) is 9.52 Å². The van der Waals surface area contributed by atoms with Gasteiger partial charge in [0.05, 0.1) is 18.8 Å². The van der Waals surface area contributed by atoms with Crippen LogP contribution in [0, 0.1) is 26.2 Å². The van der Waals surface area contributed by atoms with E-state index < -0.39 is 0 Å². The molecule has 2 aromatic rings. The van der Waals surface area contributed by atoms with Crippen molar-refractivity contribution < 1.29 is 9.52 Å². The van der Waals surface area contributed by atoms with Gasteiger partial charge in [-0.05, 0) is 38.7 Å². The highest BCUT2D eigenvalue weighted by molar-refractivity contribution is 5.30. The van der Waals surface area contributed by atoms with Crippen molar-refractivity contribution in [1.29, 1.82) is 0 Å². The lowest BCUT2D eigenvalue weighted by Gasteiger charge is -2.35. The van der Waals surface area contributed by atoms with Gasteiger partial charge in [0.1, 0.15) is 11.5 Å². The summed E-state index contributed by atoms with van der Waals surface area (Å²) in [6, 6.07) is 2.48. The molecule has 0 amide bonds. The number of aromatic nitrogens is 2. The zero-order valence-electron chi connectivity index (χ0n) is 15.4. The van der Waals surface area contributed by atoms with Crippen LogP contribution in [0.1, 0.15) is 60.3 Å². The van der Waals surface area contributed by atoms with Crippen molar-refractivity contribution in [3.63, 3.8) is 0 Å². The molecule has 0 aromatic carbocycles. The van der Waals surface area contributed by atoms with Gasteiger partial charge in [-0.15, -0.1) is 0 Å². The van der Waals surface area contributed by atoms with E-state index in [-0.39, 0.29) is 12.0 Å². The van der Waals surface area contributed by atoms with Crippen molar-refractivity contribution in [2.24, 2.45) is 5.41 Å². The van der Waals surface area contributed by atoms with Crippen molar-refractivity contribution >= 4 is 0 Å².